The van der Waals surface area contributed by atoms with Gasteiger partial charge >= 0.3 is 5.97 Å². The fourth-order valence-electron chi connectivity index (χ4n) is 1.82. The Morgan fingerprint density at radius 3 is 2.68 bits per heavy atom. The lowest BCUT2D eigenvalue weighted by atomic mass is 10.1. The zero-order valence-electron chi connectivity index (χ0n) is 13.5. The molecule has 0 spiro atoms. The molecule has 1 aromatic rings. The lowest BCUT2D eigenvalue weighted by Gasteiger charge is -2.22. The van der Waals surface area contributed by atoms with E-state index >= 15 is 0 Å². The molecule has 3 nitrogen and oxygen atoms in total. The molecule has 0 unspecified atom stereocenters. The smallest absolute Gasteiger partial charge is 0.320 e. The minimum atomic E-state index is -0.501. The van der Waals surface area contributed by atoms with Gasteiger partial charge in [0, 0.05) is 12.1 Å². The van der Waals surface area contributed by atoms with Crippen molar-refractivity contribution in [2.24, 2.45) is 0 Å². The maximum atomic E-state index is 13.2. The van der Waals surface area contributed by atoms with Crippen molar-refractivity contribution in [3.05, 3.63) is 41.7 Å². The van der Waals surface area contributed by atoms with Gasteiger partial charge in [0.2, 0.25) is 0 Å². The number of esters is 1. The van der Waals surface area contributed by atoms with Gasteiger partial charge in [-0.2, -0.15) is 0 Å². The first kappa shape index (κ1) is 17.9. The standard InChI is InChI=1S/C18H22FNO2/c1-6-14(15-8-7-9-16(19)12-15)10-11-20(5)13-17(21)22-18(2,3)4/h1,7-10,12H,11,13H2,2-5H3. The highest BCUT2D eigenvalue weighted by molar-refractivity contribution is 5.78. The molecule has 0 aliphatic rings. The number of halogens is 1. The molecule has 0 saturated carbocycles. The normalized spacial score (nSPS) is 12.1. The largest absolute Gasteiger partial charge is 0.459 e. The minimum Gasteiger partial charge on any atom is -0.459 e. The van der Waals surface area contributed by atoms with E-state index in [0.717, 1.165) is 0 Å². The summed E-state index contributed by atoms with van der Waals surface area (Å²) < 4.78 is 18.5. The van der Waals surface area contributed by atoms with Gasteiger partial charge in [0.25, 0.3) is 0 Å². The number of likely N-dealkylation sites (N-methyl/N-ethyl adjacent to an activating group) is 1. The monoisotopic (exact) mass is 303 g/mol. The van der Waals surface area contributed by atoms with Crippen molar-refractivity contribution in [3.63, 3.8) is 0 Å². The molecule has 4 heteroatoms. The van der Waals surface area contributed by atoms with E-state index in [0.29, 0.717) is 17.7 Å². The van der Waals surface area contributed by atoms with E-state index < -0.39 is 5.60 Å². The molecule has 0 aliphatic heterocycles. The van der Waals surface area contributed by atoms with Crippen LogP contribution in [-0.2, 0) is 9.53 Å². The quantitative estimate of drug-likeness (QED) is 0.618. The molecule has 118 valence electrons. The number of terminal acetylenes is 1. The zero-order valence-corrected chi connectivity index (χ0v) is 13.5. The second-order valence-corrected chi connectivity index (χ2v) is 6.06. The van der Waals surface area contributed by atoms with Crippen LogP contribution in [0.3, 0.4) is 0 Å². The summed E-state index contributed by atoms with van der Waals surface area (Å²) in [7, 11) is 1.79. The lowest BCUT2D eigenvalue weighted by molar-refractivity contribution is -0.155. The minimum absolute atomic E-state index is 0.161. The van der Waals surface area contributed by atoms with Gasteiger partial charge in [-0.25, -0.2) is 4.39 Å². The molecular formula is C18H22FNO2. The predicted octanol–water partition coefficient (Wildman–Crippen LogP) is 3.12. The van der Waals surface area contributed by atoms with Gasteiger partial charge < -0.3 is 4.74 Å². The second-order valence-electron chi connectivity index (χ2n) is 6.06. The molecule has 0 heterocycles. The van der Waals surface area contributed by atoms with Crippen LogP contribution in [0.1, 0.15) is 26.3 Å². The fraction of sp³-hybridized carbons (Fsp3) is 0.389. The lowest BCUT2D eigenvalue weighted by Crippen LogP contribution is -2.32. The third kappa shape index (κ3) is 6.55. The van der Waals surface area contributed by atoms with E-state index in [1.165, 1.54) is 12.1 Å². The van der Waals surface area contributed by atoms with Gasteiger partial charge in [-0.3, -0.25) is 9.69 Å². The Kier molecular flexibility index (Phi) is 6.33. The third-order valence-corrected chi connectivity index (χ3v) is 2.72. The molecule has 0 aliphatic carbocycles. The van der Waals surface area contributed by atoms with Crippen LogP contribution >= 0.6 is 0 Å². The number of ether oxygens (including phenoxy) is 1. The molecular weight excluding hydrogens is 281 g/mol. The van der Waals surface area contributed by atoms with Crippen LogP contribution in [0.4, 0.5) is 4.39 Å². The summed E-state index contributed by atoms with van der Waals surface area (Å²) in [6.45, 7) is 6.10. The Hall–Kier alpha value is -2.12. The molecule has 0 fully saturated rings. The van der Waals surface area contributed by atoms with Crippen molar-refractivity contribution in [2.45, 2.75) is 26.4 Å². The molecule has 0 saturated heterocycles. The van der Waals surface area contributed by atoms with Crippen molar-refractivity contribution >= 4 is 11.5 Å². The van der Waals surface area contributed by atoms with Gasteiger partial charge in [-0.15, -0.1) is 6.42 Å². The molecule has 0 amide bonds. The molecule has 22 heavy (non-hydrogen) atoms. The summed E-state index contributed by atoms with van der Waals surface area (Å²) in [4.78, 5) is 13.5. The van der Waals surface area contributed by atoms with Crippen LogP contribution in [0.5, 0.6) is 0 Å². The molecule has 1 aromatic carbocycles. The van der Waals surface area contributed by atoms with E-state index in [4.69, 9.17) is 11.2 Å². The number of rotatable bonds is 5. The van der Waals surface area contributed by atoms with Gasteiger partial charge in [-0.05, 0) is 45.5 Å². The second kappa shape index (κ2) is 7.77. The first-order valence-corrected chi connectivity index (χ1v) is 7.04. The third-order valence-electron chi connectivity index (χ3n) is 2.72. The van der Waals surface area contributed by atoms with Crippen LogP contribution in [0.25, 0.3) is 5.57 Å². The Morgan fingerprint density at radius 1 is 1.45 bits per heavy atom. The van der Waals surface area contributed by atoms with Crippen LogP contribution in [0.15, 0.2) is 30.3 Å². The van der Waals surface area contributed by atoms with Gasteiger partial charge in [0.05, 0.1) is 6.54 Å². The summed E-state index contributed by atoms with van der Waals surface area (Å²) in [5.41, 5.74) is 0.739. The molecule has 0 aromatic heterocycles. The molecule has 0 N–H and O–H groups in total. The van der Waals surface area contributed by atoms with Gasteiger partial charge in [0.15, 0.2) is 0 Å². The first-order chi connectivity index (χ1) is 10.2. The summed E-state index contributed by atoms with van der Waals surface area (Å²) in [6, 6.07) is 6.12. The molecule has 0 atom stereocenters. The van der Waals surface area contributed by atoms with Crippen molar-refractivity contribution < 1.29 is 13.9 Å². The Balaban J connectivity index is 2.65. The van der Waals surface area contributed by atoms with Gasteiger partial charge in [0.1, 0.15) is 11.4 Å². The summed E-state index contributed by atoms with van der Waals surface area (Å²) in [5.74, 6) is 1.92. The number of benzene rings is 1. The average Bonchev–Trinajstić information content (AvgIpc) is 2.37. The number of carbonyl (C=O) groups is 1. The number of hydrogen-bond donors (Lipinski definition) is 0. The maximum absolute atomic E-state index is 13.2. The molecule has 1 rings (SSSR count). The Bertz CT molecular complexity index is 594. The van der Waals surface area contributed by atoms with Crippen LogP contribution in [0, 0.1) is 18.2 Å². The number of carbonyl (C=O) groups excluding carboxylic acids is 1. The first-order valence-electron chi connectivity index (χ1n) is 7.04. The Morgan fingerprint density at radius 2 is 2.14 bits per heavy atom. The zero-order chi connectivity index (χ0) is 16.8. The van der Waals surface area contributed by atoms with Crippen LogP contribution < -0.4 is 0 Å². The van der Waals surface area contributed by atoms with E-state index in [-0.39, 0.29) is 18.3 Å². The van der Waals surface area contributed by atoms with Crippen molar-refractivity contribution in [3.8, 4) is 12.3 Å². The van der Waals surface area contributed by atoms with E-state index in [2.05, 4.69) is 5.92 Å². The number of allylic oxidation sites excluding steroid dienone is 1. The highest BCUT2D eigenvalue weighted by Crippen LogP contribution is 2.14. The van der Waals surface area contributed by atoms with Crippen LogP contribution in [0.2, 0.25) is 0 Å². The van der Waals surface area contributed by atoms with Crippen LogP contribution in [-0.4, -0.2) is 36.6 Å². The highest BCUT2D eigenvalue weighted by Gasteiger charge is 2.17. The van der Waals surface area contributed by atoms with Crippen molar-refractivity contribution in [2.75, 3.05) is 20.1 Å². The van der Waals surface area contributed by atoms with E-state index in [1.807, 2.05) is 20.8 Å². The van der Waals surface area contributed by atoms with Gasteiger partial charge in [-0.1, -0.05) is 24.1 Å². The predicted molar refractivity (Wildman–Crippen MR) is 86.6 cm³/mol. The average molecular weight is 303 g/mol. The maximum Gasteiger partial charge on any atom is 0.320 e. The van der Waals surface area contributed by atoms with E-state index in [1.54, 1.807) is 30.2 Å². The summed E-state index contributed by atoms with van der Waals surface area (Å²) >= 11 is 0. The topological polar surface area (TPSA) is 29.5 Å². The number of nitrogens with zero attached hydrogens (tertiary/aromatic N) is 1. The van der Waals surface area contributed by atoms with E-state index in [9.17, 15) is 9.18 Å². The molecule has 0 radical (unpaired) electrons. The molecule has 0 bridgehead atoms. The summed E-state index contributed by atoms with van der Waals surface area (Å²) in [5, 5.41) is 0. The van der Waals surface area contributed by atoms with Crippen molar-refractivity contribution in [1.82, 2.24) is 4.90 Å². The highest BCUT2D eigenvalue weighted by atomic mass is 19.1. The SMILES string of the molecule is C#CC(=CCN(C)CC(=O)OC(C)(C)C)c1cccc(F)c1. The van der Waals surface area contributed by atoms with Crippen molar-refractivity contribution in [1.29, 1.82) is 0 Å². The number of hydrogen-bond acceptors (Lipinski definition) is 3. The Labute approximate surface area is 131 Å². The fourth-order valence-corrected chi connectivity index (χ4v) is 1.82. The summed E-state index contributed by atoms with van der Waals surface area (Å²) in [6.07, 6.45) is 7.27.